The first kappa shape index (κ1) is 17.9. The van der Waals surface area contributed by atoms with E-state index in [9.17, 15) is 9.59 Å². The fourth-order valence-electron chi connectivity index (χ4n) is 3.04. The summed E-state index contributed by atoms with van der Waals surface area (Å²) in [5, 5.41) is 2.74. The van der Waals surface area contributed by atoms with Gasteiger partial charge in [0.25, 0.3) is 0 Å². The van der Waals surface area contributed by atoms with Gasteiger partial charge < -0.3 is 15.1 Å². The molecular weight excluding hydrogens is 328 g/mol. The van der Waals surface area contributed by atoms with Gasteiger partial charge in [-0.05, 0) is 30.5 Å². The van der Waals surface area contributed by atoms with Crippen molar-refractivity contribution in [2.75, 3.05) is 37.6 Å². The molecule has 0 atom stereocenters. The maximum atomic E-state index is 12.3. The normalized spacial score (nSPS) is 14.2. The van der Waals surface area contributed by atoms with Gasteiger partial charge in [-0.15, -0.1) is 0 Å². The molecule has 1 aliphatic rings. The van der Waals surface area contributed by atoms with Crippen LogP contribution in [0.4, 0.5) is 5.82 Å². The molecule has 1 aromatic heterocycles. The predicted molar refractivity (Wildman–Crippen MR) is 101 cm³/mol. The highest BCUT2D eigenvalue weighted by atomic mass is 16.2. The van der Waals surface area contributed by atoms with Gasteiger partial charge in [0.15, 0.2) is 0 Å². The predicted octanol–water partition coefficient (Wildman–Crippen LogP) is 1.48. The van der Waals surface area contributed by atoms with Gasteiger partial charge in [0.1, 0.15) is 5.82 Å². The Labute approximate surface area is 153 Å². The van der Waals surface area contributed by atoms with E-state index >= 15 is 0 Å². The average Bonchev–Trinajstić information content (AvgIpc) is 2.72. The maximum Gasteiger partial charge on any atom is 0.312 e. The Morgan fingerprint density at radius 3 is 2.38 bits per heavy atom. The van der Waals surface area contributed by atoms with Gasteiger partial charge in [0.05, 0.1) is 0 Å². The van der Waals surface area contributed by atoms with Gasteiger partial charge in [0.2, 0.25) is 0 Å². The van der Waals surface area contributed by atoms with Crippen LogP contribution in [0.3, 0.4) is 0 Å². The lowest BCUT2D eigenvalue weighted by Gasteiger charge is -2.35. The van der Waals surface area contributed by atoms with E-state index in [-0.39, 0.29) is 0 Å². The number of piperazine rings is 1. The SMILES string of the molecule is O=C(NCCCc1ccccc1)C(=O)N1CCN(c2ccccn2)CC1. The number of amides is 2. The van der Waals surface area contributed by atoms with Gasteiger partial charge in [-0.3, -0.25) is 9.59 Å². The number of carbonyl (C=O) groups is 2. The van der Waals surface area contributed by atoms with Crippen LogP contribution in [0.1, 0.15) is 12.0 Å². The Bertz CT molecular complexity index is 713. The maximum absolute atomic E-state index is 12.3. The topological polar surface area (TPSA) is 65.5 Å². The number of nitrogens with one attached hydrogen (secondary N) is 1. The summed E-state index contributed by atoms with van der Waals surface area (Å²) in [5.74, 6) is -0.0420. The van der Waals surface area contributed by atoms with Crippen molar-refractivity contribution in [1.29, 1.82) is 0 Å². The van der Waals surface area contributed by atoms with E-state index in [1.807, 2.05) is 36.4 Å². The first-order valence-electron chi connectivity index (χ1n) is 9.01. The molecule has 0 saturated carbocycles. The molecule has 0 radical (unpaired) electrons. The second kappa shape index (κ2) is 8.99. The molecule has 0 unspecified atom stereocenters. The molecule has 1 aliphatic heterocycles. The van der Waals surface area contributed by atoms with Gasteiger partial charge in [0, 0.05) is 38.9 Å². The molecule has 6 nitrogen and oxygen atoms in total. The molecule has 0 aliphatic carbocycles. The average molecular weight is 352 g/mol. The fourth-order valence-corrected chi connectivity index (χ4v) is 3.04. The van der Waals surface area contributed by atoms with Crippen molar-refractivity contribution in [3.8, 4) is 0 Å². The molecule has 136 valence electrons. The lowest BCUT2D eigenvalue weighted by molar-refractivity contribution is -0.146. The van der Waals surface area contributed by atoms with Crippen LogP contribution in [0.2, 0.25) is 0 Å². The van der Waals surface area contributed by atoms with Crippen molar-refractivity contribution in [3.05, 3.63) is 60.3 Å². The highest BCUT2D eigenvalue weighted by molar-refractivity contribution is 6.35. The third-order valence-electron chi connectivity index (χ3n) is 4.51. The Kier molecular flexibility index (Phi) is 6.19. The van der Waals surface area contributed by atoms with Crippen LogP contribution >= 0.6 is 0 Å². The highest BCUT2D eigenvalue weighted by Gasteiger charge is 2.26. The van der Waals surface area contributed by atoms with Crippen LogP contribution in [0.15, 0.2) is 54.7 Å². The van der Waals surface area contributed by atoms with Crippen LogP contribution in [-0.2, 0) is 16.0 Å². The monoisotopic (exact) mass is 352 g/mol. The second-order valence-corrected chi connectivity index (χ2v) is 6.31. The zero-order chi connectivity index (χ0) is 18.2. The number of hydrogen-bond acceptors (Lipinski definition) is 4. The van der Waals surface area contributed by atoms with E-state index in [4.69, 9.17) is 0 Å². The molecule has 3 rings (SSSR count). The summed E-state index contributed by atoms with van der Waals surface area (Å²) in [5.41, 5.74) is 1.23. The number of rotatable bonds is 5. The Morgan fingerprint density at radius 1 is 0.962 bits per heavy atom. The number of anilines is 1. The lowest BCUT2D eigenvalue weighted by Crippen LogP contribution is -2.53. The molecule has 1 fully saturated rings. The summed E-state index contributed by atoms with van der Waals surface area (Å²) < 4.78 is 0. The molecule has 2 amide bonds. The van der Waals surface area contributed by atoms with Crippen molar-refractivity contribution in [3.63, 3.8) is 0 Å². The summed E-state index contributed by atoms with van der Waals surface area (Å²) in [6.45, 7) is 2.95. The Hall–Kier alpha value is -2.89. The molecule has 0 spiro atoms. The van der Waals surface area contributed by atoms with Crippen molar-refractivity contribution in [2.24, 2.45) is 0 Å². The van der Waals surface area contributed by atoms with Crippen LogP contribution in [0.25, 0.3) is 0 Å². The molecular formula is C20H24N4O2. The van der Waals surface area contributed by atoms with Crippen molar-refractivity contribution >= 4 is 17.6 Å². The number of pyridine rings is 1. The minimum atomic E-state index is -0.510. The molecule has 2 aromatic rings. The van der Waals surface area contributed by atoms with Crippen LogP contribution in [0, 0.1) is 0 Å². The van der Waals surface area contributed by atoms with Crippen molar-refractivity contribution in [2.45, 2.75) is 12.8 Å². The fraction of sp³-hybridized carbons (Fsp3) is 0.350. The first-order valence-corrected chi connectivity index (χ1v) is 9.01. The van der Waals surface area contributed by atoms with Gasteiger partial charge in [-0.2, -0.15) is 0 Å². The summed E-state index contributed by atoms with van der Waals surface area (Å²) >= 11 is 0. The third kappa shape index (κ3) is 4.81. The van der Waals surface area contributed by atoms with E-state index in [0.717, 1.165) is 18.7 Å². The van der Waals surface area contributed by atoms with Gasteiger partial charge >= 0.3 is 11.8 Å². The number of nitrogens with zero attached hydrogens (tertiary/aromatic N) is 3. The van der Waals surface area contributed by atoms with Crippen molar-refractivity contribution < 1.29 is 9.59 Å². The second-order valence-electron chi connectivity index (χ2n) is 6.31. The Balaban J connectivity index is 1.38. The van der Waals surface area contributed by atoms with E-state index < -0.39 is 11.8 Å². The smallest absolute Gasteiger partial charge is 0.312 e. The van der Waals surface area contributed by atoms with E-state index in [0.29, 0.717) is 32.7 Å². The minimum Gasteiger partial charge on any atom is -0.353 e. The number of hydrogen-bond donors (Lipinski definition) is 1. The van der Waals surface area contributed by atoms with Crippen LogP contribution in [0.5, 0.6) is 0 Å². The third-order valence-corrected chi connectivity index (χ3v) is 4.51. The first-order chi connectivity index (χ1) is 12.7. The molecule has 1 saturated heterocycles. The van der Waals surface area contributed by atoms with Crippen molar-refractivity contribution in [1.82, 2.24) is 15.2 Å². The van der Waals surface area contributed by atoms with Crippen LogP contribution in [-0.4, -0.2) is 54.4 Å². The number of aromatic nitrogens is 1. The van der Waals surface area contributed by atoms with E-state index in [1.54, 1.807) is 11.1 Å². The molecule has 1 aromatic carbocycles. The van der Waals surface area contributed by atoms with Gasteiger partial charge in [-0.1, -0.05) is 36.4 Å². The molecule has 0 bridgehead atoms. The van der Waals surface area contributed by atoms with E-state index in [1.165, 1.54) is 5.56 Å². The molecule has 1 N–H and O–H groups in total. The molecule has 26 heavy (non-hydrogen) atoms. The number of aryl methyl sites for hydroxylation is 1. The zero-order valence-corrected chi connectivity index (χ0v) is 14.8. The minimum absolute atomic E-state index is 0.439. The highest BCUT2D eigenvalue weighted by Crippen LogP contribution is 2.12. The standard InChI is InChI=1S/C20H24N4O2/c25-19(22-12-6-9-17-7-2-1-3-8-17)20(26)24-15-13-23(14-16-24)18-10-4-5-11-21-18/h1-5,7-8,10-11H,6,9,12-16H2,(H,22,25). The largest absolute Gasteiger partial charge is 0.353 e. The number of benzene rings is 1. The number of carbonyl (C=O) groups excluding carboxylic acids is 2. The zero-order valence-electron chi connectivity index (χ0n) is 14.8. The van der Waals surface area contributed by atoms with E-state index in [2.05, 4.69) is 27.3 Å². The summed E-state index contributed by atoms with van der Waals surface area (Å²) in [7, 11) is 0. The lowest BCUT2D eigenvalue weighted by atomic mass is 10.1. The Morgan fingerprint density at radius 2 is 1.69 bits per heavy atom. The van der Waals surface area contributed by atoms with Gasteiger partial charge in [-0.25, -0.2) is 4.98 Å². The summed E-state index contributed by atoms with van der Waals surface area (Å²) in [6.07, 6.45) is 3.46. The summed E-state index contributed by atoms with van der Waals surface area (Å²) in [4.78, 5) is 32.4. The quantitative estimate of drug-likeness (QED) is 0.654. The summed E-state index contributed by atoms with van der Waals surface area (Å²) in [6, 6.07) is 15.9. The molecule has 6 heteroatoms. The molecule has 2 heterocycles. The van der Waals surface area contributed by atoms with Crippen LogP contribution < -0.4 is 10.2 Å².